The third-order valence-corrected chi connectivity index (χ3v) is 3.83. The van der Waals surface area contributed by atoms with Crippen LogP contribution in [0.25, 0.3) is 0 Å². The van der Waals surface area contributed by atoms with Gasteiger partial charge in [-0.2, -0.15) is 0 Å². The van der Waals surface area contributed by atoms with E-state index in [0.717, 1.165) is 45.0 Å². The van der Waals surface area contributed by atoms with Crippen molar-refractivity contribution < 1.29 is 0 Å². The second-order valence-corrected chi connectivity index (χ2v) is 5.13. The maximum absolute atomic E-state index is 11.5. The number of aromatic amines is 1. The van der Waals surface area contributed by atoms with Crippen LogP contribution < -0.4 is 16.2 Å². The van der Waals surface area contributed by atoms with Crippen LogP contribution in [0.4, 0.5) is 5.82 Å². The van der Waals surface area contributed by atoms with Crippen molar-refractivity contribution in [2.24, 2.45) is 5.73 Å². The standard InChI is InChI=1S/C11H18BrN5O/c12-9-10(14-8-15-11(9)18)17-4-1-3-16(5-2-13)6-7-17/h8H,1-7,13H2,(H,14,15,18). The first-order valence-electron chi connectivity index (χ1n) is 6.13. The molecular formula is C11H18BrN5O. The van der Waals surface area contributed by atoms with Crippen molar-refractivity contribution in [1.82, 2.24) is 14.9 Å². The maximum Gasteiger partial charge on any atom is 0.267 e. The van der Waals surface area contributed by atoms with Gasteiger partial charge in [0.2, 0.25) is 0 Å². The van der Waals surface area contributed by atoms with Gasteiger partial charge in [0, 0.05) is 32.7 Å². The van der Waals surface area contributed by atoms with Gasteiger partial charge in [-0.1, -0.05) is 0 Å². The van der Waals surface area contributed by atoms with E-state index in [1.54, 1.807) is 0 Å². The minimum Gasteiger partial charge on any atom is -0.354 e. The van der Waals surface area contributed by atoms with Gasteiger partial charge >= 0.3 is 0 Å². The molecule has 2 heterocycles. The van der Waals surface area contributed by atoms with Crippen molar-refractivity contribution in [2.45, 2.75) is 6.42 Å². The minimum atomic E-state index is -0.136. The Labute approximate surface area is 114 Å². The van der Waals surface area contributed by atoms with Gasteiger partial charge in [0.05, 0.1) is 6.33 Å². The molecule has 1 aromatic rings. The SMILES string of the molecule is NCCN1CCCN(c2nc[nH]c(=O)c2Br)CC1. The third-order valence-electron chi connectivity index (χ3n) is 3.11. The fourth-order valence-electron chi connectivity index (χ4n) is 2.18. The zero-order valence-electron chi connectivity index (χ0n) is 10.2. The number of hydrogen-bond donors (Lipinski definition) is 2. The number of halogens is 1. The molecule has 18 heavy (non-hydrogen) atoms. The van der Waals surface area contributed by atoms with Crippen molar-refractivity contribution >= 4 is 21.7 Å². The van der Waals surface area contributed by atoms with Gasteiger partial charge in [-0.15, -0.1) is 0 Å². The molecule has 1 aliphatic heterocycles. The summed E-state index contributed by atoms with van der Waals surface area (Å²) in [5, 5.41) is 0. The first-order chi connectivity index (χ1) is 8.72. The molecule has 1 saturated heterocycles. The van der Waals surface area contributed by atoms with Crippen LogP contribution in [-0.2, 0) is 0 Å². The van der Waals surface area contributed by atoms with Crippen LogP contribution in [0.5, 0.6) is 0 Å². The lowest BCUT2D eigenvalue weighted by Crippen LogP contribution is -2.34. The summed E-state index contributed by atoms with van der Waals surface area (Å²) in [6.45, 7) is 5.41. The summed E-state index contributed by atoms with van der Waals surface area (Å²) in [7, 11) is 0. The van der Waals surface area contributed by atoms with Crippen LogP contribution in [-0.4, -0.2) is 54.1 Å². The zero-order valence-corrected chi connectivity index (χ0v) is 11.8. The number of rotatable bonds is 3. The van der Waals surface area contributed by atoms with Crippen LogP contribution >= 0.6 is 15.9 Å². The van der Waals surface area contributed by atoms with Crippen molar-refractivity contribution in [3.63, 3.8) is 0 Å². The molecule has 2 rings (SSSR count). The number of nitrogens with one attached hydrogen (secondary N) is 1. The molecule has 0 aromatic carbocycles. The predicted octanol–water partition coefficient (Wildman–Crippen LogP) is 0.00320. The highest BCUT2D eigenvalue weighted by atomic mass is 79.9. The Morgan fingerprint density at radius 3 is 3.00 bits per heavy atom. The molecule has 0 radical (unpaired) electrons. The van der Waals surface area contributed by atoms with Gasteiger partial charge in [-0.25, -0.2) is 4.98 Å². The summed E-state index contributed by atoms with van der Waals surface area (Å²) in [5.41, 5.74) is 5.44. The zero-order chi connectivity index (χ0) is 13.0. The van der Waals surface area contributed by atoms with E-state index < -0.39 is 0 Å². The first kappa shape index (κ1) is 13.5. The lowest BCUT2D eigenvalue weighted by atomic mass is 10.3. The molecular weight excluding hydrogens is 298 g/mol. The summed E-state index contributed by atoms with van der Waals surface area (Å²) >= 11 is 3.31. The number of nitrogens with zero attached hydrogens (tertiary/aromatic N) is 3. The van der Waals surface area contributed by atoms with E-state index >= 15 is 0 Å². The number of H-pyrrole nitrogens is 1. The molecule has 1 aromatic heterocycles. The van der Waals surface area contributed by atoms with Gasteiger partial charge in [-0.05, 0) is 28.9 Å². The highest BCUT2D eigenvalue weighted by Gasteiger charge is 2.18. The van der Waals surface area contributed by atoms with Crippen molar-refractivity contribution in [2.75, 3.05) is 44.2 Å². The van der Waals surface area contributed by atoms with Crippen molar-refractivity contribution in [1.29, 1.82) is 0 Å². The number of aromatic nitrogens is 2. The number of hydrogen-bond acceptors (Lipinski definition) is 5. The van der Waals surface area contributed by atoms with Crippen LogP contribution in [0.3, 0.4) is 0 Å². The number of nitrogens with two attached hydrogens (primary N) is 1. The van der Waals surface area contributed by atoms with Crippen molar-refractivity contribution in [3.8, 4) is 0 Å². The van der Waals surface area contributed by atoms with Gasteiger partial charge < -0.3 is 20.5 Å². The Hall–Kier alpha value is -0.920. The second kappa shape index (κ2) is 6.31. The molecule has 0 aliphatic carbocycles. The Bertz CT molecular complexity index is 449. The first-order valence-corrected chi connectivity index (χ1v) is 6.92. The van der Waals surface area contributed by atoms with E-state index in [1.807, 2.05) is 0 Å². The number of anilines is 1. The maximum atomic E-state index is 11.5. The fraction of sp³-hybridized carbons (Fsp3) is 0.636. The molecule has 0 amide bonds. The van der Waals surface area contributed by atoms with E-state index in [4.69, 9.17) is 5.73 Å². The minimum absolute atomic E-state index is 0.136. The van der Waals surface area contributed by atoms with Gasteiger partial charge in [0.1, 0.15) is 10.3 Å². The summed E-state index contributed by atoms with van der Waals surface area (Å²) in [6, 6.07) is 0. The molecule has 0 bridgehead atoms. The van der Waals surface area contributed by atoms with E-state index in [1.165, 1.54) is 6.33 Å². The summed E-state index contributed by atoms with van der Waals surface area (Å²) < 4.78 is 0.511. The summed E-state index contributed by atoms with van der Waals surface area (Å²) in [4.78, 5) is 22.8. The monoisotopic (exact) mass is 315 g/mol. The normalized spacial score (nSPS) is 17.8. The van der Waals surface area contributed by atoms with Crippen LogP contribution in [0.1, 0.15) is 6.42 Å². The second-order valence-electron chi connectivity index (χ2n) is 4.34. The summed E-state index contributed by atoms with van der Waals surface area (Å²) in [5.74, 6) is 0.730. The van der Waals surface area contributed by atoms with Gasteiger partial charge in [0.15, 0.2) is 0 Å². The predicted molar refractivity (Wildman–Crippen MR) is 74.9 cm³/mol. The van der Waals surface area contributed by atoms with Crippen molar-refractivity contribution in [3.05, 3.63) is 21.2 Å². The average Bonchev–Trinajstić information content (AvgIpc) is 2.59. The van der Waals surface area contributed by atoms with Crippen LogP contribution in [0.2, 0.25) is 0 Å². The lowest BCUT2D eigenvalue weighted by molar-refractivity contribution is 0.302. The van der Waals surface area contributed by atoms with Crippen LogP contribution in [0, 0.1) is 0 Å². The third kappa shape index (κ3) is 3.09. The highest BCUT2D eigenvalue weighted by Crippen LogP contribution is 2.20. The lowest BCUT2D eigenvalue weighted by Gasteiger charge is -2.22. The van der Waals surface area contributed by atoms with E-state index in [-0.39, 0.29) is 5.56 Å². The molecule has 6 nitrogen and oxygen atoms in total. The molecule has 0 saturated carbocycles. The highest BCUT2D eigenvalue weighted by molar-refractivity contribution is 9.10. The average molecular weight is 316 g/mol. The van der Waals surface area contributed by atoms with E-state index in [9.17, 15) is 4.79 Å². The molecule has 100 valence electrons. The molecule has 1 aliphatic rings. The quantitative estimate of drug-likeness (QED) is 0.821. The Kier molecular flexibility index (Phi) is 4.73. The topological polar surface area (TPSA) is 78.2 Å². The van der Waals surface area contributed by atoms with E-state index in [2.05, 4.69) is 35.7 Å². The molecule has 3 N–H and O–H groups in total. The molecule has 0 atom stereocenters. The fourth-order valence-corrected chi connectivity index (χ4v) is 2.65. The summed E-state index contributed by atoms with van der Waals surface area (Å²) in [6.07, 6.45) is 2.51. The van der Waals surface area contributed by atoms with Gasteiger partial charge in [-0.3, -0.25) is 4.79 Å². The molecule has 7 heteroatoms. The Morgan fingerprint density at radius 1 is 1.39 bits per heavy atom. The smallest absolute Gasteiger partial charge is 0.267 e. The van der Waals surface area contributed by atoms with Gasteiger partial charge in [0.25, 0.3) is 5.56 Å². The molecule has 1 fully saturated rings. The van der Waals surface area contributed by atoms with E-state index in [0.29, 0.717) is 11.0 Å². The molecule has 0 spiro atoms. The Balaban J connectivity index is 2.10. The molecule has 0 unspecified atom stereocenters. The largest absolute Gasteiger partial charge is 0.354 e. The van der Waals surface area contributed by atoms with Crippen LogP contribution in [0.15, 0.2) is 15.6 Å². The Morgan fingerprint density at radius 2 is 2.22 bits per heavy atom.